The highest BCUT2D eigenvalue weighted by molar-refractivity contribution is 7.99. The molecular weight excluding hydrogens is 374 g/mol. The standard InChI is InChI=1S/C19H16F2N2OS2/c20-13-8-9-15(16(21)11-13)17-12-26-19(22-17)23-18(24)7-4-10-25-14-5-2-1-3-6-14/h1-3,5-6,8-9,11-12H,4,7,10H2,(H,22,23,24). The second kappa shape index (κ2) is 8.91. The fraction of sp³-hybridized carbons (Fsp3) is 0.158. The third kappa shape index (κ3) is 5.12. The number of nitrogens with zero attached hydrogens (tertiary/aromatic N) is 1. The lowest BCUT2D eigenvalue weighted by molar-refractivity contribution is -0.116. The first-order valence-corrected chi connectivity index (χ1v) is 9.87. The Kier molecular flexibility index (Phi) is 6.35. The van der Waals surface area contributed by atoms with Crippen molar-refractivity contribution in [1.82, 2.24) is 4.98 Å². The first kappa shape index (κ1) is 18.5. The van der Waals surface area contributed by atoms with Crippen molar-refractivity contribution in [3.63, 3.8) is 0 Å². The maximum absolute atomic E-state index is 13.8. The van der Waals surface area contributed by atoms with Gasteiger partial charge in [0.15, 0.2) is 5.13 Å². The van der Waals surface area contributed by atoms with Gasteiger partial charge in [0.1, 0.15) is 11.6 Å². The van der Waals surface area contributed by atoms with Crippen molar-refractivity contribution in [2.75, 3.05) is 11.1 Å². The molecule has 1 heterocycles. The summed E-state index contributed by atoms with van der Waals surface area (Å²) < 4.78 is 26.8. The molecule has 0 saturated heterocycles. The Morgan fingerprint density at radius 1 is 1.15 bits per heavy atom. The zero-order valence-electron chi connectivity index (χ0n) is 13.7. The van der Waals surface area contributed by atoms with Gasteiger partial charge >= 0.3 is 0 Å². The molecular formula is C19H16F2N2OS2. The Hall–Kier alpha value is -2.25. The summed E-state index contributed by atoms with van der Waals surface area (Å²) in [5, 5.41) is 4.77. The summed E-state index contributed by atoms with van der Waals surface area (Å²) in [6.45, 7) is 0. The van der Waals surface area contributed by atoms with E-state index < -0.39 is 11.6 Å². The molecule has 0 bridgehead atoms. The van der Waals surface area contributed by atoms with Crippen molar-refractivity contribution in [1.29, 1.82) is 0 Å². The van der Waals surface area contributed by atoms with Gasteiger partial charge in [0.05, 0.1) is 5.69 Å². The molecule has 3 rings (SSSR count). The minimum absolute atomic E-state index is 0.126. The molecule has 7 heteroatoms. The van der Waals surface area contributed by atoms with Crippen molar-refractivity contribution >= 4 is 34.1 Å². The Bertz CT molecular complexity index is 884. The van der Waals surface area contributed by atoms with E-state index >= 15 is 0 Å². The quantitative estimate of drug-likeness (QED) is 0.422. The number of carbonyl (C=O) groups excluding carboxylic acids is 1. The number of aromatic nitrogens is 1. The number of halogens is 2. The smallest absolute Gasteiger partial charge is 0.226 e. The van der Waals surface area contributed by atoms with Crippen LogP contribution in [-0.2, 0) is 4.79 Å². The Labute approximate surface area is 158 Å². The molecule has 1 aromatic heterocycles. The van der Waals surface area contributed by atoms with E-state index in [9.17, 15) is 13.6 Å². The SMILES string of the molecule is O=C(CCCSc1ccccc1)Nc1nc(-c2ccc(F)cc2F)cs1. The van der Waals surface area contributed by atoms with Crippen molar-refractivity contribution in [2.24, 2.45) is 0 Å². The van der Waals surface area contributed by atoms with Crippen LogP contribution in [-0.4, -0.2) is 16.6 Å². The number of anilines is 1. The van der Waals surface area contributed by atoms with Crippen LogP contribution in [0.15, 0.2) is 58.8 Å². The molecule has 3 nitrogen and oxygen atoms in total. The highest BCUT2D eigenvalue weighted by Crippen LogP contribution is 2.27. The molecule has 0 atom stereocenters. The van der Waals surface area contributed by atoms with Crippen LogP contribution < -0.4 is 5.32 Å². The molecule has 3 aromatic rings. The molecule has 1 amide bonds. The highest BCUT2D eigenvalue weighted by Gasteiger charge is 2.12. The first-order valence-electron chi connectivity index (χ1n) is 8.00. The summed E-state index contributed by atoms with van der Waals surface area (Å²) in [7, 11) is 0. The van der Waals surface area contributed by atoms with Crippen molar-refractivity contribution in [3.8, 4) is 11.3 Å². The number of thioether (sulfide) groups is 1. The number of rotatable bonds is 7. The highest BCUT2D eigenvalue weighted by atomic mass is 32.2. The average molecular weight is 390 g/mol. The van der Waals surface area contributed by atoms with Crippen LogP contribution in [0.4, 0.5) is 13.9 Å². The predicted octanol–water partition coefficient (Wildman–Crippen LogP) is 5.60. The third-order valence-corrected chi connectivity index (χ3v) is 5.37. The van der Waals surface area contributed by atoms with Crippen LogP contribution >= 0.6 is 23.1 Å². The van der Waals surface area contributed by atoms with E-state index in [1.54, 1.807) is 17.1 Å². The number of carbonyl (C=O) groups is 1. The lowest BCUT2D eigenvalue weighted by Crippen LogP contribution is -2.11. The van der Waals surface area contributed by atoms with Crippen molar-refractivity contribution < 1.29 is 13.6 Å². The summed E-state index contributed by atoms with van der Waals surface area (Å²) in [6.07, 6.45) is 1.13. The topological polar surface area (TPSA) is 42.0 Å². The van der Waals surface area contributed by atoms with Crippen LogP contribution in [0.1, 0.15) is 12.8 Å². The van der Waals surface area contributed by atoms with Gasteiger partial charge in [0.25, 0.3) is 0 Å². The number of thiazole rings is 1. The van der Waals surface area contributed by atoms with Gasteiger partial charge in [-0.25, -0.2) is 13.8 Å². The largest absolute Gasteiger partial charge is 0.302 e. The molecule has 0 aliphatic carbocycles. The number of hydrogen-bond acceptors (Lipinski definition) is 4. The second-order valence-electron chi connectivity index (χ2n) is 5.48. The van der Waals surface area contributed by atoms with E-state index in [0.717, 1.165) is 18.2 Å². The number of nitrogens with one attached hydrogen (secondary N) is 1. The van der Waals surface area contributed by atoms with Gasteiger partial charge in [-0.3, -0.25) is 4.79 Å². The lowest BCUT2D eigenvalue weighted by Gasteiger charge is -2.03. The van der Waals surface area contributed by atoms with Gasteiger partial charge in [0.2, 0.25) is 5.91 Å². The first-order chi connectivity index (χ1) is 12.6. The predicted molar refractivity (Wildman–Crippen MR) is 102 cm³/mol. The van der Waals surface area contributed by atoms with Crippen LogP contribution in [0.3, 0.4) is 0 Å². The van der Waals surface area contributed by atoms with Crippen LogP contribution in [0.2, 0.25) is 0 Å². The van der Waals surface area contributed by atoms with Gasteiger partial charge < -0.3 is 5.32 Å². The Morgan fingerprint density at radius 2 is 1.96 bits per heavy atom. The normalized spacial score (nSPS) is 10.7. The molecule has 0 aliphatic heterocycles. The summed E-state index contributed by atoms with van der Waals surface area (Å²) >= 11 is 2.92. The molecule has 0 unspecified atom stereocenters. The van der Waals surface area contributed by atoms with Gasteiger partial charge in [-0.2, -0.15) is 0 Å². The number of benzene rings is 2. The molecule has 0 radical (unpaired) electrons. The Balaban J connectivity index is 1.48. The zero-order valence-corrected chi connectivity index (χ0v) is 15.4. The van der Waals surface area contributed by atoms with E-state index in [0.29, 0.717) is 17.2 Å². The number of amides is 1. The average Bonchev–Trinajstić information content (AvgIpc) is 3.07. The van der Waals surface area contributed by atoms with Crippen molar-refractivity contribution in [2.45, 2.75) is 17.7 Å². The molecule has 134 valence electrons. The molecule has 0 spiro atoms. The maximum atomic E-state index is 13.8. The van der Waals surface area contributed by atoms with Crippen LogP contribution in [0, 0.1) is 11.6 Å². The number of hydrogen-bond donors (Lipinski definition) is 1. The maximum Gasteiger partial charge on any atom is 0.226 e. The zero-order chi connectivity index (χ0) is 18.4. The minimum Gasteiger partial charge on any atom is -0.302 e. The monoisotopic (exact) mass is 390 g/mol. The molecule has 0 aliphatic rings. The van der Waals surface area contributed by atoms with E-state index in [4.69, 9.17) is 0 Å². The molecule has 1 N–H and O–H groups in total. The van der Waals surface area contributed by atoms with Crippen LogP contribution in [0.5, 0.6) is 0 Å². The molecule has 2 aromatic carbocycles. The van der Waals surface area contributed by atoms with Gasteiger partial charge in [0, 0.05) is 28.3 Å². The molecule has 0 saturated carbocycles. The summed E-state index contributed by atoms with van der Waals surface area (Å²) in [5.74, 6) is -0.588. The van der Waals surface area contributed by atoms with Gasteiger partial charge in [-0.05, 0) is 36.4 Å². The summed E-state index contributed by atoms with van der Waals surface area (Å²) in [5.41, 5.74) is 0.588. The van der Waals surface area contributed by atoms with Gasteiger partial charge in [-0.15, -0.1) is 23.1 Å². The van der Waals surface area contributed by atoms with E-state index in [1.807, 2.05) is 30.3 Å². The molecule has 26 heavy (non-hydrogen) atoms. The van der Waals surface area contributed by atoms with Gasteiger partial charge in [-0.1, -0.05) is 18.2 Å². The minimum atomic E-state index is -0.675. The van der Waals surface area contributed by atoms with Crippen LogP contribution in [0.25, 0.3) is 11.3 Å². The summed E-state index contributed by atoms with van der Waals surface area (Å²) in [4.78, 5) is 17.4. The van der Waals surface area contributed by atoms with Crippen molar-refractivity contribution in [3.05, 3.63) is 65.5 Å². The second-order valence-corrected chi connectivity index (χ2v) is 7.50. The summed E-state index contributed by atoms with van der Waals surface area (Å²) in [6, 6.07) is 13.4. The van der Waals surface area contributed by atoms with E-state index in [2.05, 4.69) is 10.3 Å². The Morgan fingerprint density at radius 3 is 2.73 bits per heavy atom. The fourth-order valence-electron chi connectivity index (χ4n) is 2.27. The fourth-order valence-corrected chi connectivity index (χ4v) is 3.87. The lowest BCUT2D eigenvalue weighted by atomic mass is 10.1. The molecule has 0 fully saturated rings. The third-order valence-electron chi connectivity index (χ3n) is 3.52. The van der Waals surface area contributed by atoms with E-state index in [1.165, 1.54) is 28.4 Å². The van der Waals surface area contributed by atoms with E-state index in [-0.39, 0.29) is 11.5 Å².